The minimum atomic E-state index is -0.151. The van der Waals surface area contributed by atoms with Crippen LogP contribution in [-0.2, 0) is 7.05 Å². The molecule has 0 bridgehead atoms. The van der Waals surface area contributed by atoms with Gasteiger partial charge in [-0.15, -0.1) is 0 Å². The third-order valence-corrected chi connectivity index (χ3v) is 5.45. The number of aromatic amines is 1. The van der Waals surface area contributed by atoms with E-state index in [0.29, 0.717) is 5.56 Å². The lowest BCUT2D eigenvalue weighted by molar-refractivity contribution is 0.0934. The van der Waals surface area contributed by atoms with Crippen molar-refractivity contribution >= 4 is 39.6 Å². The van der Waals surface area contributed by atoms with Crippen molar-refractivity contribution in [3.05, 3.63) is 66.1 Å². The number of hydrogen-bond donors (Lipinski definition) is 2. The van der Waals surface area contributed by atoms with Crippen molar-refractivity contribution in [3.63, 3.8) is 0 Å². The van der Waals surface area contributed by atoms with E-state index in [2.05, 4.69) is 21.5 Å². The summed E-state index contributed by atoms with van der Waals surface area (Å²) in [6.45, 7) is 0. The number of imidazole rings is 1. The maximum Gasteiger partial charge on any atom is 0.251 e. The van der Waals surface area contributed by atoms with Gasteiger partial charge in [-0.05, 0) is 54.1 Å². The van der Waals surface area contributed by atoms with E-state index in [-0.39, 0.29) is 11.9 Å². The van der Waals surface area contributed by atoms with Crippen molar-refractivity contribution in [3.8, 4) is 0 Å². The molecule has 138 valence electrons. The van der Waals surface area contributed by atoms with E-state index in [0.717, 1.165) is 39.9 Å². The summed E-state index contributed by atoms with van der Waals surface area (Å²) in [5.41, 5.74) is 3.61. The number of rotatable bonds is 6. The second-order valence-electron chi connectivity index (χ2n) is 6.65. The number of thioether (sulfide) groups is 1. The zero-order valence-corrected chi connectivity index (χ0v) is 16.2. The van der Waals surface area contributed by atoms with Crippen LogP contribution in [0.25, 0.3) is 21.9 Å². The molecule has 1 atom stereocenters. The molecule has 0 aliphatic heterocycles. The van der Waals surface area contributed by atoms with Crippen LogP contribution in [0.1, 0.15) is 28.6 Å². The van der Waals surface area contributed by atoms with Gasteiger partial charge in [-0.3, -0.25) is 4.79 Å². The van der Waals surface area contributed by atoms with Gasteiger partial charge in [0.25, 0.3) is 5.91 Å². The van der Waals surface area contributed by atoms with E-state index in [1.807, 2.05) is 66.3 Å². The molecular formula is C21H22N4OS. The summed E-state index contributed by atoms with van der Waals surface area (Å²) in [5.74, 6) is 1.67. The summed E-state index contributed by atoms with van der Waals surface area (Å²) in [6.07, 6.45) is 4.89. The summed E-state index contributed by atoms with van der Waals surface area (Å²) in [4.78, 5) is 21.0. The first-order valence-corrected chi connectivity index (χ1v) is 10.3. The van der Waals surface area contributed by atoms with Gasteiger partial charge in [0.15, 0.2) is 0 Å². The first kappa shape index (κ1) is 17.7. The molecule has 27 heavy (non-hydrogen) atoms. The van der Waals surface area contributed by atoms with Gasteiger partial charge in [0.1, 0.15) is 5.82 Å². The highest BCUT2D eigenvalue weighted by Gasteiger charge is 2.19. The molecule has 4 aromatic rings. The number of carbonyl (C=O) groups excluding carboxylic acids is 1. The second kappa shape index (κ2) is 7.48. The Bertz CT molecular complexity index is 1060. The van der Waals surface area contributed by atoms with Gasteiger partial charge in [0.2, 0.25) is 0 Å². The number of benzene rings is 2. The molecule has 0 saturated heterocycles. The average molecular weight is 379 g/mol. The smallest absolute Gasteiger partial charge is 0.251 e. The number of aromatic nitrogens is 3. The molecule has 0 unspecified atom stereocenters. The molecule has 5 nitrogen and oxygen atoms in total. The molecule has 0 spiro atoms. The van der Waals surface area contributed by atoms with Crippen molar-refractivity contribution in [2.45, 2.75) is 12.5 Å². The fourth-order valence-corrected chi connectivity index (χ4v) is 3.77. The number of nitrogens with one attached hydrogen (secondary N) is 2. The molecule has 2 N–H and O–H groups in total. The molecule has 2 heterocycles. The van der Waals surface area contributed by atoms with Crippen molar-refractivity contribution in [1.82, 2.24) is 19.9 Å². The Kier molecular flexibility index (Phi) is 4.90. The van der Waals surface area contributed by atoms with Gasteiger partial charge in [0, 0.05) is 24.3 Å². The van der Waals surface area contributed by atoms with E-state index in [9.17, 15) is 4.79 Å². The van der Waals surface area contributed by atoms with Crippen LogP contribution in [0, 0.1) is 0 Å². The molecular weight excluding hydrogens is 356 g/mol. The van der Waals surface area contributed by atoms with Crippen LogP contribution in [0.4, 0.5) is 0 Å². The van der Waals surface area contributed by atoms with Crippen LogP contribution >= 0.6 is 11.8 Å². The van der Waals surface area contributed by atoms with Gasteiger partial charge < -0.3 is 14.9 Å². The topological polar surface area (TPSA) is 62.7 Å². The predicted molar refractivity (Wildman–Crippen MR) is 112 cm³/mol. The third-order valence-electron chi connectivity index (χ3n) is 4.80. The van der Waals surface area contributed by atoms with Crippen LogP contribution in [0.3, 0.4) is 0 Å². The average Bonchev–Trinajstić information content (AvgIpc) is 3.28. The largest absolute Gasteiger partial charge is 0.351 e. The maximum atomic E-state index is 12.9. The quantitative estimate of drug-likeness (QED) is 0.526. The first-order chi connectivity index (χ1) is 13.2. The third kappa shape index (κ3) is 3.57. The summed E-state index contributed by atoms with van der Waals surface area (Å²) >= 11 is 1.76. The highest BCUT2D eigenvalue weighted by atomic mass is 32.2. The minimum Gasteiger partial charge on any atom is -0.351 e. The summed E-state index contributed by atoms with van der Waals surface area (Å²) in [6, 6.07) is 15.6. The minimum absolute atomic E-state index is 0.0790. The number of carbonyl (C=O) groups is 1. The summed E-state index contributed by atoms with van der Waals surface area (Å²) in [7, 11) is 1.99. The molecule has 4 rings (SSSR count). The highest BCUT2D eigenvalue weighted by molar-refractivity contribution is 7.98. The summed E-state index contributed by atoms with van der Waals surface area (Å²) < 4.78 is 2.02. The van der Waals surface area contributed by atoms with E-state index in [1.165, 1.54) is 0 Å². The van der Waals surface area contributed by atoms with Crippen LogP contribution < -0.4 is 5.32 Å². The number of para-hydroxylation sites is 2. The normalized spacial score (nSPS) is 12.5. The zero-order chi connectivity index (χ0) is 18.8. The van der Waals surface area contributed by atoms with Crippen molar-refractivity contribution in [1.29, 1.82) is 0 Å². The van der Waals surface area contributed by atoms with Crippen molar-refractivity contribution in [2.75, 3.05) is 12.0 Å². The van der Waals surface area contributed by atoms with Crippen molar-refractivity contribution < 1.29 is 4.79 Å². The SMILES string of the molecule is CSCC[C@@H](NC(=O)c1ccc2ccn(C)c2c1)c1nc2ccccc2[nH]1. The molecule has 0 aliphatic rings. The molecule has 0 saturated carbocycles. The van der Waals surface area contributed by atoms with Gasteiger partial charge in [0.05, 0.1) is 17.1 Å². The maximum absolute atomic E-state index is 12.9. The molecule has 0 radical (unpaired) electrons. The standard InChI is InChI=1S/C21H22N4OS/c1-25-11-9-14-7-8-15(13-19(14)25)21(26)24-18(10-12-27-2)20-22-16-5-3-4-6-17(16)23-20/h3-9,11,13,18H,10,12H2,1-2H3,(H,22,23)(H,24,26)/t18-/m1/s1. The Morgan fingerprint density at radius 1 is 1.26 bits per heavy atom. The lowest BCUT2D eigenvalue weighted by Gasteiger charge is -2.16. The number of aryl methyl sites for hydroxylation is 1. The van der Waals surface area contributed by atoms with E-state index >= 15 is 0 Å². The van der Waals surface area contributed by atoms with Gasteiger partial charge >= 0.3 is 0 Å². The van der Waals surface area contributed by atoms with Gasteiger partial charge in [-0.1, -0.05) is 18.2 Å². The van der Waals surface area contributed by atoms with E-state index in [1.54, 1.807) is 11.8 Å². The molecule has 2 aromatic carbocycles. The highest BCUT2D eigenvalue weighted by Crippen LogP contribution is 2.22. The van der Waals surface area contributed by atoms with Crippen LogP contribution in [0.2, 0.25) is 0 Å². The lowest BCUT2D eigenvalue weighted by Crippen LogP contribution is -2.29. The van der Waals surface area contributed by atoms with E-state index < -0.39 is 0 Å². The molecule has 1 amide bonds. The Hall–Kier alpha value is -2.73. The van der Waals surface area contributed by atoms with Crippen LogP contribution in [0.5, 0.6) is 0 Å². The Labute approximate surface area is 162 Å². The van der Waals surface area contributed by atoms with Gasteiger partial charge in [-0.2, -0.15) is 11.8 Å². The zero-order valence-electron chi connectivity index (χ0n) is 15.4. The number of fused-ring (bicyclic) bond motifs is 2. The number of nitrogens with zero attached hydrogens (tertiary/aromatic N) is 2. The lowest BCUT2D eigenvalue weighted by atomic mass is 10.1. The number of amides is 1. The molecule has 0 fully saturated rings. The van der Waals surface area contributed by atoms with E-state index in [4.69, 9.17) is 0 Å². The van der Waals surface area contributed by atoms with Gasteiger partial charge in [-0.25, -0.2) is 4.98 Å². The monoisotopic (exact) mass is 378 g/mol. The summed E-state index contributed by atoms with van der Waals surface area (Å²) in [5, 5.41) is 4.30. The van der Waals surface area contributed by atoms with Crippen molar-refractivity contribution in [2.24, 2.45) is 7.05 Å². The number of H-pyrrole nitrogens is 1. The number of hydrogen-bond acceptors (Lipinski definition) is 3. The fourth-order valence-electron chi connectivity index (χ4n) is 3.30. The molecule has 0 aliphatic carbocycles. The Morgan fingerprint density at radius 2 is 2.11 bits per heavy atom. The predicted octanol–water partition coefficient (Wildman–Crippen LogP) is 4.28. The van der Waals surface area contributed by atoms with Crippen LogP contribution in [0.15, 0.2) is 54.7 Å². The molecule has 6 heteroatoms. The second-order valence-corrected chi connectivity index (χ2v) is 7.63. The first-order valence-electron chi connectivity index (χ1n) is 8.95. The van der Waals surface area contributed by atoms with Crippen LogP contribution in [-0.4, -0.2) is 32.5 Å². The Balaban J connectivity index is 1.61. The fraction of sp³-hybridized carbons (Fsp3) is 0.238. The Morgan fingerprint density at radius 3 is 2.93 bits per heavy atom. The molecule has 2 aromatic heterocycles.